The number of nitrogens with one attached hydrogen (secondary N) is 1. The number of aromatic hydroxyl groups is 1. The van der Waals surface area contributed by atoms with E-state index in [1.807, 2.05) is 26.8 Å². The molecule has 0 aliphatic rings. The number of benzene rings is 1. The molecule has 0 bridgehead atoms. The van der Waals surface area contributed by atoms with Gasteiger partial charge in [0.05, 0.1) is 22.2 Å². The third-order valence-electron chi connectivity index (χ3n) is 5.17. The molecule has 0 atom stereocenters. The van der Waals surface area contributed by atoms with E-state index in [9.17, 15) is 10.4 Å². The molecule has 0 amide bonds. The lowest BCUT2D eigenvalue weighted by atomic mass is 9.91. The number of pyridine rings is 1. The molecule has 146 valence electrons. The number of phenols is 1. The van der Waals surface area contributed by atoms with Crippen molar-refractivity contribution >= 4 is 11.0 Å². The van der Waals surface area contributed by atoms with Crippen LogP contribution in [0.15, 0.2) is 30.7 Å². The molecule has 6 nitrogen and oxygen atoms in total. The number of nitriles is 1. The van der Waals surface area contributed by atoms with Crippen LogP contribution in [0.4, 0.5) is 0 Å². The molecule has 4 rings (SSSR count). The van der Waals surface area contributed by atoms with Crippen LogP contribution in [0.25, 0.3) is 33.4 Å². The van der Waals surface area contributed by atoms with E-state index in [1.54, 1.807) is 31.6 Å². The molecule has 1 aromatic carbocycles. The predicted molar refractivity (Wildman–Crippen MR) is 116 cm³/mol. The molecule has 0 aliphatic heterocycles. The second-order valence-electron chi connectivity index (χ2n) is 7.05. The first-order valence-corrected chi connectivity index (χ1v) is 9.42. The van der Waals surface area contributed by atoms with E-state index in [4.69, 9.17) is 0 Å². The van der Waals surface area contributed by atoms with Gasteiger partial charge < -0.3 is 10.1 Å². The van der Waals surface area contributed by atoms with Crippen molar-refractivity contribution in [3.8, 4) is 46.0 Å². The molecule has 0 saturated heterocycles. The molecule has 0 saturated carbocycles. The summed E-state index contributed by atoms with van der Waals surface area (Å²) >= 11 is 0. The molecular formula is C24H19N5O. The lowest BCUT2D eigenvalue weighted by Crippen LogP contribution is -1.95. The molecular weight excluding hydrogens is 374 g/mol. The largest absolute Gasteiger partial charge is 0.508 e. The summed E-state index contributed by atoms with van der Waals surface area (Å²) in [4.78, 5) is 16.4. The van der Waals surface area contributed by atoms with Crippen LogP contribution in [0.1, 0.15) is 35.0 Å². The van der Waals surface area contributed by atoms with Gasteiger partial charge in [0.1, 0.15) is 23.3 Å². The Balaban J connectivity index is 2.10. The Hall–Kier alpha value is -4.16. The van der Waals surface area contributed by atoms with E-state index in [2.05, 4.69) is 37.8 Å². The van der Waals surface area contributed by atoms with E-state index in [0.717, 1.165) is 22.4 Å². The lowest BCUT2D eigenvalue weighted by Gasteiger charge is -2.13. The zero-order valence-corrected chi connectivity index (χ0v) is 17.1. The maximum atomic E-state index is 10.2. The maximum absolute atomic E-state index is 10.2. The van der Waals surface area contributed by atoms with Crippen LogP contribution in [0.3, 0.4) is 0 Å². The number of rotatable bonds is 2. The molecule has 3 heterocycles. The standard InChI is InChI=1S/C24H19N5O/c1-5-6-17-22-18(9-25)19(21-13(2)7-8-20(30)14(21)3)12-28-24(22)29-23(17)16-10-26-15(4)27-11-16/h7-8,10-12,30H,1-4H3,(H,28,29). The third kappa shape index (κ3) is 2.96. The molecule has 0 aliphatic carbocycles. The molecule has 4 aromatic rings. The molecule has 0 radical (unpaired) electrons. The number of phenolic OH excluding ortho intramolecular Hbond substituents is 1. The van der Waals surface area contributed by atoms with Crippen molar-refractivity contribution in [3.63, 3.8) is 0 Å². The summed E-state index contributed by atoms with van der Waals surface area (Å²) in [5.74, 6) is 6.92. The summed E-state index contributed by atoms with van der Waals surface area (Å²) < 4.78 is 0. The smallest absolute Gasteiger partial charge is 0.140 e. The maximum Gasteiger partial charge on any atom is 0.140 e. The molecule has 2 N–H and O–H groups in total. The minimum absolute atomic E-state index is 0.180. The molecule has 3 aromatic heterocycles. The fourth-order valence-electron chi connectivity index (χ4n) is 3.70. The van der Waals surface area contributed by atoms with Crippen LogP contribution in [-0.4, -0.2) is 25.0 Å². The number of aryl methyl sites for hydroxylation is 2. The normalized spacial score (nSPS) is 10.5. The Bertz CT molecular complexity index is 1400. The highest BCUT2D eigenvalue weighted by molar-refractivity contribution is 5.99. The van der Waals surface area contributed by atoms with Gasteiger partial charge in [-0.3, -0.25) is 0 Å². The minimum Gasteiger partial charge on any atom is -0.508 e. The SMILES string of the molecule is CC#Cc1c(-c2cnc(C)nc2)[nH]c2ncc(-c3c(C)ccc(O)c3C)c(C#N)c12. The Morgan fingerprint density at radius 2 is 1.73 bits per heavy atom. The number of aromatic nitrogens is 4. The quantitative estimate of drug-likeness (QED) is 0.487. The summed E-state index contributed by atoms with van der Waals surface area (Å²) in [6, 6.07) is 5.84. The third-order valence-corrected chi connectivity index (χ3v) is 5.17. The van der Waals surface area contributed by atoms with E-state index < -0.39 is 0 Å². The van der Waals surface area contributed by atoms with Gasteiger partial charge in [0.15, 0.2) is 0 Å². The van der Waals surface area contributed by atoms with E-state index in [-0.39, 0.29) is 5.75 Å². The number of fused-ring (bicyclic) bond motifs is 1. The number of hydrogen-bond acceptors (Lipinski definition) is 5. The monoisotopic (exact) mass is 393 g/mol. The number of aromatic amines is 1. The molecule has 6 heteroatoms. The first-order chi connectivity index (χ1) is 14.5. The first-order valence-electron chi connectivity index (χ1n) is 9.42. The second-order valence-corrected chi connectivity index (χ2v) is 7.05. The van der Waals surface area contributed by atoms with Gasteiger partial charge in [0.2, 0.25) is 0 Å². The van der Waals surface area contributed by atoms with Gasteiger partial charge in [0, 0.05) is 29.7 Å². The highest BCUT2D eigenvalue weighted by atomic mass is 16.3. The lowest BCUT2D eigenvalue weighted by molar-refractivity contribution is 0.471. The van der Waals surface area contributed by atoms with Crippen molar-refractivity contribution in [1.29, 1.82) is 5.26 Å². The summed E-state index contributed by atoms with van der Waals surface area (Å²) in [7, 11) is 0. The van der Waals surface area contributed by atoms with Crippen LogP contribution in [-0.2, 0) is 0 Å². The Morgan fingerprint density at radius 3 is 2.40 bits per heavy atom. The van der Waals surface area contributed by atoms with Gasteiger partial charge in [-0.05, 0) is 50.5 Å². The molecule has 30 heavy (non-hydrogen) atoms. The van der Waals surface area contributed by atoms with Gasteiger partial charge in [-0.2, -0.15) is 5.26 Å². The van der Waals surface area contributed by atoms with Crippen LogP contribution >= 0.6 is 0 Å². The number of H-pyrrole nitrogens is 1. The fraction of sp³-hybridized carbons (Fsp3) is 0.167. The van der Waals surface area contributed by atoms with E-state index in [0.29, 0.717) is 39.1 Å². The predicted octanol–water partition coefficient (Wildman–Crippen LogP) is 4.56. The zero-order valence-electron chi connectivity index (χ0n) is 17.1. The topological polar surface area (TPSA) is 98.5 Å². The summed E-state index contributed by atoms with van der Waals surface area (Å²) in [6.07, 6.45) is 5.12. The van der Waals surface area contributed by atoms with Crippen LogP contribution < -0.4 is 0 Å². The summed E-state index contributed by atoms with van der Waals surface area (Å²) in [5, 5.41) is 21.0. The van der Waals surface area contributed by atoms with Gasteiger partial charge in [-0.25, -0.2) is 15.0 Å². The van der Waals surface area contributed by atoms with Crippen molar-refractivity contribution in [2.45, 2.75) is 27.7 Å². The van der Waals surface area contributed by atoms with Gasteiger partial charge >= 0.3 is 0 Å². The Morgan fingerprint density at radius 1 is 1.00 bits per heavy atom. The van der Waals surface area contributed by atoms with E-state index in [1.165, 1.54) is 0 Å². The van der Waals surface area contributed by atoms with Crippen LogP contribution in [0.2, 0.25) is 0 Å². The fourth-order valence-corrected chi connectivity index (χ4v) is 3.70. The van der Waals surface area contributed by atoms with Crippen molar-refractivity contribution in [1.82, 2.24) is 19.9 Å². The highest BCUT2D eigenvalue weighted by Crippen LogP contribution is 2.39. The Kier molecular flexibility index (Phi) is 4.69. The average Bonchev–Trinajstić information content (AvgIpc) is 3.10. The Labute approximate surface area is 174 Å². The number of hydrogen-bond donors (Lipinski definition) is 2. The first kappa shape index (κ1) is 19.2. The minimum atomic E-state index is 0.180. The van der Waals surface area contributed by atoms with Crippen LogP contribution in [0.5, 0.6) is 5.75 Å². The molecule has 0 spiro atoms. The van der Waals surface area contributed by atoms with Crippen LogP contribution in [0, 0.1) is 43.9 Å². The summed E-state index contributed by atoms with van der Waals surface area (Å²) in [5.41, 5.74) is 6.34. The van der Waals surface area contributed by atoms with E-state index >= 15 is 0 Å². The summed E-state index contributed by atoms with van der Waals surface area (Å²) in [6.45, 7) is 7.36. The van der Waals surface area contributed by atoms with Crippen molar-refractivity contribution in [3.05, 3.63) is 58.8 Å². The number of nitrogens with zero attached hydrogens (tertiary/aromatic N) is 4. The van der Waals surface area contributed by atoms with Gasteiger partial charge in [0.25, 0.3) is 0 Å². The van der Waals surface area contributed by atoms with Gasteiger partial charge in [-0.1, -0.05) is 12.0 Å². The molecule has 0 fully saturated rings. The van der Waals surface area contributed by atoms with Crippen molar-refractivity contribution in [2.24, 2.45) is 0 Å². The zero-order chi connectivity index (χ0) is 21.4. The second kappa shape index (κ2) is 7.35. The van der Waals surface area contributed by atoms with Crippen molar-refractivity contribution in [2.75, 3.05) is 0 Å². The van der Waals surface area contributed by atoms with Crippen molar-refractivity contribution < 1.29 is 5.11 Å². The average molecular weight is 393 g/mol. The highest BCUT2D eigenvalue weighted by Gasteiger charge is 2.22. The molecule has 0 unspecified atom stereocenters. The van der Waals surface area contributed by atoms with Gasteiger partial charge in [-0.15, -0.1) is 5.92 Å².